The molecule has 5 heterocycles. The van der Waals surface area contributed by atoms with Crippen LogP contribution in [0.25, 0.3) is 21.9 Å². The molecule has 2 aromatic carbocycles. The molecule has 43 heavy (non-hydrogen) atoms. The minimum Gasteiger partial charge on any atom is -0.344 e. The van der Waals surface area contributed by atoms with Gasteiger partial charge in [-0.15, -0.1) is 0 Å². The summed E-state index contributed by atoms with van der Waals surface area (Å²) in [6.07, 6.45) is 2.40. The molecule has 0 bridgehead atoms. The van der Waals surface area contributed by atoms with E-state index in [4.69, 9.17) is 22.4 Å². The highest BCUT2D eigenvalue weighted by molar-refractivity contribution is 6.30. The first-order valence-corrected chi connectivity index (χ1v) is 15.0. The van der Waals surface area contributed by atoms with Gasteiger partial charge in [-0.1, -0.05) is 35.4 Å². The fourth-order valence-electron chi connectivity index (χ4n) is 6.61. The van der Waals surface area contributed by atoms with Gasteiger partial charge in [-0.25, -0.2) is 4.98 Å². The summed E-state index contributed by atoms with van der Waals surface area (Å²) in [6.45, 7) is 7.65. The number of likely N-dealkylation sites (tertiary alicyclic amines) is 1. The van der Waals surface area contributed by atoms with Crippen molar-refractivity contribution in [3.05, 3.63) is 117 Å². The highest BCUT2D eigenvalue weighted by Crippen LogP contribution is 2.42. The van der Waals surface area contributed by atoms with Gasteiger partial charge in [-0.3, -0.25) is 9.48 Å². The zero-order valence-corrected chi connectivity index (χ0v) is 25.3. The molecule has 1 fully saturated rings. The molecule has 2 atom stereocenters. The van der Waals surface area contributed by atoms with Crippen LogP contribution in [0.2, 0.25) is 5.02 Å². The molecule has 0 unspecified atom stereocenters. The van der Waals surface area contributed by atoms with Crippen molar-refractivity contribution in [1.29, 1.82) is 0 Å². The molecule has 3 N–H and O–H groups in total. The number of fused-ring (bicyclic) bond motifs is 2. The van der Waals surface area contributed by atoms with E-state index < -0.39 is 0 Å². The minimum atomic E-state index is -0.184. The lowest BCUT2D eigenvalue weighted by Crippen LogP contribution is -2.32. The van der Waals surface area contributed by atoms with E-state index in [1.54, 1.807) is 6.20 Å². The summed E-state index contributed by atoms with van der Waals surface area (Å²) in [7, 11) is 0. The van der Waals surface area contributed by atoms with Gasteiger partial charge in [0.15, 0.2) is 0 Å². The van der Waals surface area contributed by atoms with Crippen molar-refractivity contribution in [2.24, 2.45) is 5.73 Å². The normalized spacial score (nSPS) is 17.0. The summed E-state index contributed by atoms with van der Waals surface area (Å²) < 4.78 is 4.38. The van der Waals surface area contributed by atoms with Crippen LogP contribution in [0.3, 0.4) is 0 Å². The zero-order chi connectivity index (χ0) is 29.8. The number of nitrogens with one attached hydrogen (secondary N) is 1. The van der Waals surface area contributed by atoms with Crippen molar-refractivity contribution in [1.82, 2.24) is 29.2 Å². The Kier molecular flexibility index (Phi) is 6.83. The summed E-state index contributed by atoms with van der Waals surface area (Å²) in [5.41, 5.74) is 15.0. The number of nitrogens with two attached hydrogens (primary N) is 1. The average Bonchev–Trinajstić information content (AvgIpc) is 3.76. The molecule has 218 valence electrons. The Morgan fingerprint density at radius 1 is 1.02 bits per heavy atom. The third-order valence-corrected chi connectivity index (χ3v) is 8.82. The Labute approximate surface area is 255 Å². The second-order valence-electron chi connectivity index (χ2n) is 11.7. The highest BCUT2D eigenvalue weighted by Gasteiger charge is 2.40. The van der Waals surface area contributed by atoms with Gasteiger partial charge >= 0.3 is 0 Å². The van der Waals surface area contributed by atoms with Gasteiger partial charge in [0.25, 0.3) is 5.91 Å². The number of halogens is 1. The summed E-state index contributed by atoms with van der Waals surface area (Å²) >= 11 is 6.22. The summed E-state index contributed by atoms with van der Waals surface area (Å²) in [4.78, 5) is 24.2. The zero-order valence-electron chi connectivity index (χ0n) is 24.5. The fraction of sp³-hybridized carbons (Fsp3) is 0.265. The molecule has 1 aliphatic rings. The van der Waals surface area contributed by atoms with E-state index in [1.807, 2.05) is 53.8 Å². The van der Waals surface area contributed by atoms with Crippen molar-refractivity contribution in [2.45, 2.75) is 52.4 Å². The Bertz CT molecular complexity index is 1980. The van der Waals surface area contributed by atoms with Crippen LogP contribution in [0.4, 0.5) is 0 Å². The van der Waals surface area contributed by atoms with E-state index in [9.17, 15) is 4.79 Å². The lowest BCUT2D eigenvalue weighted by atomic mass is 10.1. The molecular formula is C34H34ClN7O. The third kappa shape index (κ3) is 5.00. The minimum absolute atomic E-state index is 0.0175. The van der Waals surface area contributed by atoms with Gasteiger partial charge in [0.1, 0.15) is 5.65 Å². The number of hydrogen-bond donors (Lipinski definition) is 2. The Morgan fingerprint density at radius 3 is 2.63 bits per heavy atom. The Balaban J connectivity index is 1.36. The van der Waals surface area contributed by atoms with Crippen LogP contribution in [-0.4, -0.2) is 41.7 Å². The van der Waals surface area contributed by atoms with Crippen molar-refractivity contribution < 1.29 is 4.79 Å². The number of amides is 1. The predicted molar refractivity (Wildman–Crippen MR) is 170 cm³/mol. The molecule has 7 rings (SSSR count). The van der Waals surface area contributed by atoms with E-state index >= 15 is 0 Å². The van der Waals surface area contributed by atoms with E-state index in [0.29, 0.717) is 36.6 Å². The molecule has 4 aromatic heterocycles. The van der Waals surface area contributed by atoms with Crippen LogP contribution in [0.5, 0.6) is 0 Å². The van der Waals surface area contributed by atoms with E-state index in [0.717, 1.165) is 50.3 Å². The number of carbonyl (C=O) groups excluding carboxylic acids is 1. The van der Waals surface area contributed by atoms with Crippen molar-refractivity contribution in [2.75, 3.05) is 6.54 Å². The third-order valence-electron chi connectivity index (χ3n) is 8.57. The maximum absolute atomic E-state index is 14.4. The molecule has 0 radical (unpaired) electrons. The molecule has 0 spiro atoms. The number of aryl methyl sites for hydroxylation is 3. The average molecular weight is 592 g/mol. The standard InChI is InChI=1S/C34H34ClN7O/c1-20-4-9-30-24(10-20)14-31(40(30)18-23-5-7-27(35)8-6-23)32-15-29(42-28(16-36)12-22(3)39-42)19-41(32)34(43)26-13-25-11-21(2)38-33(25)37-17-26/h4-14,17,29,32H,15-16,18-19,36H2,1-3H3,(H,37,38)/t29-,32+/m0/s1. The topological polar surface area (TPSA) is 97.8 Å². The maximum atomic E-state index is 14.4. The molecule has 1 aliphatic heterocycles. The predicted octanol–water partition coefficient (Wildman–Crippen LogP) is 6.63. The fourth-order valence-corrected chi connectivity index (χ4v) is 6.73. The van der Waals surface area contributed by atoms with Gasteiger partial charge in [0.05, 0.1) is 29.0 Å². The highest BCUT2D eigenvalue weighted by atomic mass is 35.5. The van der Waals surface area contributed by atoms with Crippen LogP contribution in [0.15, 0.2) is 72.9 Å². The van der Waals surface area contributed by atoms with Crippen molar-refractivity contribution in [3.8, 4) is 0 Å². The van der Waals surface area contributed by atoms with Crippen LogP contribution in [0.1, 0.15) is 62.8 Å². The molecule has 9 heteroatoms. The lowest BCUT2D eigenvalue weighted by molar-refractivity contribution is 0.0726. The van der Waals surface area contributed by atoms with Crippen LogP contribution in [0, 0.1) is 20.8 Å². The number of hydrogen-bond acceptors (Lipinski definition) is 4. The number of rotatable bonds is 6. The van der Waals surface area contributed by atoms with E-state index in [2.05, 4.69) is 57.9 Å². The number of aromatic nitrogens is 5. The number of carbonyl (C=O) groups is 1. The summed E-state index contributed by atoms with van der Waals surface area (Å²) in [5.74, 6) is -0.0431. The number of H-pyrrole nitrogens is 1. The monoisotopic (exact) mass is 591 g/mol. The number of pyridine rings is 1. The van der Waals surface area contributed by atoms with Gasteiger partial charge in [-0.2, -0.15) is 5.10 Å². The van der Waals surface area contributed by atoms with Crippen molar-refractivity contribution in [3.63, 3.8) is 0 Å². The second-order valence-corrected chi connectivity index (χ2v) is 12.2. The van der Waals surface area contributed by atoms with Crippen molar-refractivity contribution >= 4 is 39.4 Å². The van der Waals surface area contributed by atoms with Crippen LogP contribution >= 0.6 is 11.6 Å². The van der Waals surface area contributed by atoms with Gasteiger partial charge in [0.2, 0.25) is 0 Å². The number of aromatic amines is 1. The molecule has 1 saturated heterocycles. The van der Waals surface area contributed by atoms with Gasteiger partial charge in [-0.05, 0) is 81.3 Å². The first kappa shape index (κ1) is 27.4. The second kappa shape index (κ2) is 10.7. The Morgan fingerprint density at radius 2 is 1.84 bits per heavy atom. The number of benzene rings is 2. The first-order valence-electron chi connectivity index (χ1n) is 14.6. The molecule has 1 amide bonds. The number of nitrogens with zero attached hydrogens (tertiary/aromatic N) is 5. The lowest BCUT2D eigenvalue weighted by Gasteiger charge is -2.26. The van der Waals surface area contributed by atoms with Gasteiger partial charge in [0, 0.05) is 58.5 Å². The molecule has 8 nitrogen and oxygen atoms in total. The summed E-state index contributed by atoms with van der Waals surface area (Å²) in [6, 6.07) is 22.6. The quantitative estimate of drug-likeness (QED) is 0.227. The molecule has 0 saturated carbocycles. The molecular weight excluding hydrogens is 558 g/mol. The van der Waals surface area contributed by atoms with Crippen LogP contribution in [-0.2, 0) is 13.1 Å². The van der Waals surface area contributed by atoms with E-state index in [-0.39, 0.29) is 18.0 Å². The molecule has 6 aromatic rings. The SMILES string of the molecule is Cc1ccc2c(c1)cc([C@H]1C[C@H](n3nc(C)cc3CN)CN1C(=O)c1cnc3[nH]c(C)cc3c1)n2Cc1ccc(Cl)cc1. The smallest absolute Gasteiger partial charge is 0.256 e. The van der Waals surface area contributed by atoms with E-state index in [1.165, 1.54) is 5.56 Å². The molecule has 0 aliphatic carbocycles. The maximum Gasteiger partial charge on any atom is 0.256 e. The Hall–Kier alpha value is -4.40. The van der Waals surface area contributed by atoms with Gasteiger partial charge < -0.3 is 20.2 Å². The largest absolute Gasteiger partial charge is 0.344 e. The summed E-state index contributed by atoms with van der Waals surface area (Å²) in [5, 5.41) is 7.61. The first-order chi connectivity index (χ1) is 20.8. The van der Waals surface area contributed by atoms with Crippen LogP contribution < -0.4 is 5.73 Å².